The molecule has 13 heteroatoms. The van der Waals surface area contributed by atoms with Gasteiger partial charge in [-0.15, -0.1) is 10.2 Å². The van der Waals surface area contributed by atoms with Gasteiger partial charge in [0.05, 0.1) is 23.1 Å². The summed E-state index contributed by atoms with van der Waals surface area (Å²) in [6, 6.07) is 4.08. The smallest absolute Gasteiger partial charge is 0.350 e. The molecule has 0 spiro atoms. The number of nitrogens with one attached hydrogen (secondary N) is 1. The van der Waals surface area contributed by atoms with Crippen LogP contribution in [0.25, 0.3) is 0 Å². The highest BCUT2D eigenvalue weighted by Gasteiger charge is 2.19. The van der Waals surface area contributed by atoms with Gasteiger partial charge in [-0.05, 0) is 32.9 Å². The number of rotatable bonds is 10. The third-order valence-corrected chi connectivity index (χ3v) is 6.51. The monoisotopic (exact) mass is 513 g/mol. The van der Waals surface area contributed by atoms with Gasteiger partial charge in [0.2, 0.25) is 5.91 Å². The SMILES string of the molecule is CCOC(=O)c1sc(NC(=O)CSc2nnc(COc3ccc(F)c(Cl)c3)n2CC)nc1C. The second-order valence-corrected chi connectivity index (χ2v) is 8.85. The molecule has 0 saturated heterocycles. The number of esters is 1. The molecule has 2 aromatic heterocycles. The minimum absolute atomic E-state index is 0.0310. The van der Waals surface area contributed by atoms with Crippen molar-refractivity contribution in [1.82, 2.24) is 19.7 Å². The van der Waals surface area contributed by atoms with Crippen LogP contribution < -0.4 is 10.1 Å². The van der Waals surface area contributed by atoms with Crippen LogP contribution in [0.2, 0.25) is 5.02 Å². The van der Waals surface area contributed by atoms with Crippen LogP contribution in [0, 0.1) is 12.7 Å². The number of aryl methyl sites for hydroxylation is 1. The number of hydrogen-bond donors (Lipinski definition) is 1. The minimum atomic E-state index is -0.525. The van der Waals surface area contributed by atoms with Crippen LogP contribution in [0.1, 0.15) is 35.0 Å². The molecule has 1 N–H and O–H groups in total. The molecule has 0 radical (unpaired) electrons. The standard InChI is InChI=1S/C20H21ClFN5O4S2/c1-4-27-15(9-31-12-6-7-14(22)13(21)8-12)25-26-20(27)32-10-16(28)24-19-23-11(3)17(33-19)18(29)30-5-2/h6-8H,4-5,9-10H2,1-3H3,(H,23,24,28). The van der Waals surface area contributed by atoms with Crippen LogP contribution >= 0.6 is 34.7 Å². The first-order valence-electron chi connectivity index (χ1n) is 9.89. The number of anilines is 1. The molecule has 0 saturated carbocycles. The van der Waals surface area contributed by atoms with Crippen molar-refractivity contribution in [1.29, 1.82) is 0 Å². The predicted octanol–water partition coefficient (Wildman–Crippen LogP) is 4.34. The largest absolute Gasteiger partial charge is 0.486 e. The predicted molar refractivity (Wildman–Crippen MR) is 124 cm³/mol. The van der Waals surface area contributed by atoms with Crippen molar-refractivity contribution in [2.75, 3.05) is 17.7 Å². The average molecular weight is 514 g/mol. The summed E-state index contributed by atoms with van der Waals surface area (Å²) in [4.78, 5) is 28.8. The van der Waals surface area contributed by atoms with Crippen LogP contribution in [0.3, 0.4) is 0 Å². The highest BCUT2D eigenvalue weighted by Crippen LogP contribution is 2.25. The van der Waals surface area contributed by atoms with Gasteiger partial charge < -0.3 is 19.4 Å². The molecule has 1 aromatic carbocycles. The number of aromatic nitrogens is 4. The van der Waals surface area contributed by atoms with Crippen molar-refractivity contribution in [2.24, 2.45) is 0 Å². The van der Waals surface area contributed by atoms with E-state index in [1.165, 1.54) is 30.0 Å². The Morgan fingerprint density at radius 2 is 2.09 bits per heavy atom. The van der Waals surface area contributed by atoms with Crippen molar-refractivity contribution in [3.8, 4) is 5.75 Å². The Morgan fingerprint density at radius 3 is 2.79 bits per heavy atom. The molecule has 0 atom stereocenters. The summed E-state index contributed by atoms with van der Waals surface area (Å²) in [7, 11) is 0. The number of thiazole rings is 1. The Hall–Kier alpha value is -2.70. The molecule has 1 amide bonds. The molecule has 9 nitrogen and oxygen atoms in total. The molecule has 0 bridgehead atoms. The van der Waals surface area contributed by atoms with E-state index >= 15 is 0 Å². The van der Waals surface area contributed by atoms with Gasteiger partial charge in [0, 0.05) is 12.6 Å². The third-order valence-electron chi connectivity index (χ3n) is 4.20. The van der Waals surface area contributed by atoms with Crippen molar-refractivity contribution in [3.63, 3.8) is 0 Å². The number of nitrogens with zero attached hydrogens (tertiary/aromatic N) is 4. The summed E-state index contributed by atoms with van der Waals surface area (Å²) in [6.45, 7) is 6.25. The Kier molecular flexibility index (Phi) is 8.64. The molecule has 0 aliphatic heterocycles. The summed E-state index contributed by atoms with van der Waals surface area (Å²) in [6.07, 6.45) is 0. The summed E-state index contributed by atoms with van der Waals surface area (Å²) in [5, 5.41) is 11.8. The van der Waals surface area contributed by atoms with E-state index < -0.39 is 11.8 Å². The van der Waals surface area contributed by atoms with Gasteiger partial charge in [-0.2, -0.15) is 0 Å². The number of benzene rings is 1. The molecule has 3 rings (SSSR count). The van der Waals surface area contributed by atoms with Crippen LogP contribution in [0.4, 0.5) is 9.52 Å². The van der Waals surface area contributed by atoms with Gasteiger partial charge in [0.1, 0.15) is 23.1 Å². The second-order valence-electron chi connectivity index (χ2n) is 6.50. The summed E-state index contributed by atoms with van der Waals surface area (Å²) >= 11 is 8.04. The summed E-state index contributed by atoms with van der Waals surface area (Å²) < 4.78 is 25.7. The molecule has 3 aromatic rings. The van der Waals surface area contributed by atoms with Crippen molar-refractivity contribution < 1.29 is 23.5 Å². The number of halogens is 2. The molecule has 0 unspecified atom stereocenters. The number of thioether (sulfide) groups is 1. The van der Waals surface area contributed by atoms with Crippen molar-refractivity contribution >= 4 is 51.7 Å². The zero-order valence-electron chi connectivity index (χ0n) is 18.1. The van der Waals surface area contributed by atoms with Crippen LogP contribution in [-0.2, 0) is 22.7 Å². The highest BCUT2D eigenvalue weighted by atomic mass is 35.5. The zero-order valence-corrected chi connectivity index (χ0v) is 20.4. The first-order valence-corrected chi connectivity index (χ1v) is 12.1. The maximum absolute atomic E-state index is 13.3. The summed E-state index contributed by atoms with van der Waals surface area (Å²) in [5.74, 6) is -0.260. The lowest BCUT2D eigenvalue weighted by molar-refractivity contribution is -0.113. The van der Waals surface area contributed by atoms with E-state index in [1.54, 1.807) is 13.8 Å². The summed E-state index contributed by atoms with van der Waals surface area (Å²) in [5.41, 5.74) is 0.499. The number of carbonyl (C=O) groups is 2. The first kappa shape index (κ1) is 24.9. The van der Waals surface area contributed by atoms with Crippen LogP contribution in [0.15, 0.2) is 23.4 Å². The zero-order chi connectivity index (χ0) is 24.0. The van der Waals surface area contributed by atoms with E-state index in [0.29, 0.717) is 39.0 Å². The lowest BCUT2D eigenvalue weighted by Gasteiger charge is -2.09. The van der Waals surface area contributed by atoms with E-state index in [2.05, 4.69) is 20.5 Å². The molecular formula is C20H21ClFN5O4S2. The second kappa shape index (κ2) is 11.4. The van der Waals surface area contributed by atoms with Gasteiger partial charge in [0.15, 0.2) is 16.1 Å². The van der Waals surface area contributed by atoms with E-state index in [9.17, 15) is 14.0 Å². The first-order chi connectivity index (χ1) is 15.8. The Labute approximate surface area is 202 Å². The Morgan fingerprint density at radius 1 is 1.30 bits per heavy atom. The van der Waals surface area contributed by atoms with Gasteiger partial charge in [-0.3, -0.25) is 4.79 Å². The number of amides is 1. The fourth-order valence-corrected chi connectivity index (χ4v) is 4.55. The molecule has 2 heterocycles. The molecule has 0 fully saturated rings. The Bertz CT molecular complexity index is 1150. The molecule has 33 heavy (non-hydrogen) atoms. The van der Waals surface area contributed by atoms with Gasteiger partial charge >= 0.3 is 5.97 Å². The molecule has 0 aliphatic carbocycles. The van der Waals surface area contributed by atoms with Crippen LogP contribution in [0.5, 0.6) is 5.75 Å². The van der Waals surface area contributed by atoms with Crippen LogP contribution in [-0.4, -0.2) is 44.0 Å². The minimum Gasteiger partial charge on any atom is -0.486 e. The number of carbonyl (C=O) groups excluding carboxylic acids is 2. The Balaban J connectivity index is 1.57. The quantitative estimate of drug-likeness (QED) is 0.315. The number of ether oxygens (including phenoxy) is 2. The van der Waals surface area contributed by atoms with E-state index in [0.717, 1.165) is 11.3 Å². The molecule has 0 aliphatic rings. The normalized spacial score (nSPS) is 10.8. The fraction of sp³-hybridized carbons (Fsp3) is 0.350. The molecule has 176 valence electrons. The van der Waals surface area contributed by atoms with Gasteiger partial charge in [0.25, 0.3) is 0 Å². The van der Waals surface area contributed by atoms with Gasteiger partial charge in [-0.25, -0.2) is 14.2 Å². The third kappa shape index (κ3) is 6.42. The van der Waals surface area contributed by atoms with E-state index in [4.69, 9.17) is 21.1 Å². The lowest BCUT2D eigenvalue weighted by atomic mass is 10.3. The van der Waals surface area contributed by atoms with E-state index in [-0.39, 0.29) is 29.9 Å². The maximum atomic E-state index is 13.3. The molecular weight excluding hydrogens is 493 g/mol. The van der Waals surface area contributed by atoms with Crippen molar-refractivity contribution in [3.05, 3.63) is 45.4 Å². The maximum Gasteiger partial charge on any atom is 0.350 e. The fourth-order valence-electron chi connectivity index (χ4n) is 2.69. The topological polar surface area (TPSA) is 108 Å². The highest BCUT2D eigenvalue weighted by molar-refractivity contribution is 7.99. The van der Waals surface area contributed by atoms with Crippen molar-refractivity contribution in [2.45, 2.75) is 39.1 Å². The van der Waals surface area contributed by atoms with Gasteiger partial charge in [-0.1, -0.05) is 34.7 Å². The number of hydrogen-bond acceptors (Lipinski definition) is 9. The van der Waals surface area contributed by atoms with E-state index in [1.807, 2.05) is 11.5 Å². The lowest BCUT2D eigenvalue weighted by Crippen LogP contribution is -2.14. The average Bonchev–Trinajstić information content (AvgIpc) is 3.35.